The monoisotopic (exact) mass is 414 g/mol. The Hall–Kier alpha value is -4.40. The lowest BCUT2D eigenvalue weighted by atomic mass is 10.1. The molecule has 2 aromatic heterocycles. The third-order valence-corrected chi connectivity index (χ3v) is 4.72. The molecule has 154 valence electrons. The van der Waals surface area contributed by atoms with E-state index in [2.05, 4.69) is 30.6 Å². The Morgan fingerprint density at radius 2 is 1.77 bits per heavy atom. The number of anilines is 2. The van der Waals surface area contributed by atoms with E-state index in [1.807, 2.05) is 25.1 Å². The summed E-state index contributed by atoms with van der Waals surface area (Å²) in [4.78, 5) is 39.9. The van der Waals surface area contributed by atoms with Gasteiger partial charge in [0.2, 0.25) is 0 Å². The first-order valence-electron chi connectivity index (χ1n) is 9.43. The molecule has 0 saturated carbocycles. The summed E-state index contributed by atoms with van der Waals surface area (Å²) in [6.45, 7) is 1.95. The van der Waals surface area contributed by atoms with Gasteiger partial charge in [0.05, 0.1) is 22.7 Å². The number of carbonyl (C=O) groups excluding carboxylic acids is 1. The zero-order chi connectivity index (χ0) is 21.8. The number of hydrogen-bond donors (Lipinski definition) is 3. The largest absolute Gasteiger partial charge is 0.478 e. The highest BCUT2D eigenvalue weighted by Crippen LogP contribution is 2.27. The van der Waals surface area contributed by atoms with Gasteiger partial charge in [0.1, 0.15) is 18.5 Å². The van der Waals surface area contributed by atoms with Crippen LogP contribution in [0.1, 0.15) is 39.2 Å². The molecule has 9 nitrogen and oxygen atoms in total. The SMILES string of the molecule is C[C@@H](Nc1ncnc2c(C(=O)O)cccc12)c1cccc(NC(=O)c2cncnc2)c1. The second-order valence-electron chi connectivity index (χ2n) is 6.80. The minimum Gasteiger partial charge on any atom is -0.478 e. The fourth-order valence-electron chi connectivity index (χ4n) is 3.17. The predicted molar refractivity (Wildman–Crippen MR) is 115 cm³/mol. The van der Waals surface area contributed by atoms with Crippen LogP contribution >= 0.6 is 0 Å². The van der Waals surface area contributed by atoms with E-state index in [1.165, 1.54) is 31.1 Å². The van der Waals surface area contributed by atoms with Crippen molar-refractivity contribution in [2.75, 3.05) is 10.6 Å². The number of carbonyl (C=O) groups is 2. The summed E-state index contributed by atoms with van der Waals surface area (Å²) in [5, 5.41) is 16.1. The molecule has 4 rings (SSSR count). The molecule has 2 aromatic carbocycles. The maximum Gasteiger partial charge on any atom is 0.337 e. The zero-order valence-corrected chi connectivity index (χ0v) is 16.5. The number of nitrogens with zero attached hydrogens (tertiary/aromatic N) is 4. The number of aromatic nitrogens is 4. The lowest BCUT2D eigenvalue weighted by molar-refractivity contribution is 0.0698. The highest BCUT2D eigenvalue weighted by Gasteiger charge is 2.15. The van der Waals surface area contributed by atoms with E-state index in [0.29, 0.717) is 28.0 Å². The van der Waals surface area contributed by atoms with Crippen molar-refractivity contribution < 1.29 is 14.7 Å². The highest BCUT2D eigenvalue weighted by atomic mass is 16.4. The van der Waals surface area contributed by atoms with Gasteiger partial charge in [-0.05, 0) is 36.8 Å². The molecule has 9 heteroatoms. The van der Waals surface area contributed by atoms with Gasteiger partial charge < -0.3 is 15.7 Å². The molecule has 3 N–H and O–H groups in total. The Bertz CT molecular complexity index is 1260. The molecule has 0 spiro atoms. The molecule has 0 aliphatic rings. The number of nitrogens with one attached hydrogen (secondary N) is 2. The molecular weight excluding hydrogens is 396 g/mol. The van der Waals surface area contributed by atoms with Gasteiger partial charge in [0, 0.05) is 23.5 Å². The highest BCUT2D eigenvalue weighted by molar-refractivity contribution is 6.05. The Morgan fingerprint density at radius 1 is 1.00 bits per heavy atom. The van der Waals surface area contributed by atoms with Gasteiger partial charge in [-0.15, -0.1) is 0 Å². The van der Waals surface area contributed by atoms with Crippen LogP contribution in [0.3, 0.4) is 0 Å². The molecule has 0 radical (unpaired) electrons. The second-order valence-corrected chi connectivity index (χ2v) is 6.80. The van der Waals surface area contributed by atoms with Crippen molar-refractivity contribution in [2.45, 2.75) is 13.0 Å². The van der Waals surface area contributed by atoms with Crippen LogP contribution in [0.4, 0.5) is 11.5 Å². The van der Waals surface area contributed by atoms with Crippen molar-refractivity contribution in [1.29, 1.82) is 0 Å². The summed E-state index contributed by atoms with van der Waals surface area (Å²) in [6, 6.07) is 12.2. The minimum atomic E-state index is -1.05. The molecule has 1 amide bonds. The Labute approximate surface area is 177 Å². The van der Waals surface area contributed by atoms with E-state index >= 15 is 0 Å². The van der Waals surface area contributed by atoms with E-state index < -0.39 is 5.97 Å². The van der Waals surface area contributed by atoms with E-state index in [4.69, 9.17) is 0 Å². The van der Waals surface area contributed by atoms with E-state index in [1.54, 1.807) is 18.2 Å². The van der Waals surface area contributed by atoms with E-state index in [0.717, 1.165) is 5.56 Å². The van der Waals surface area contributed by atoms with Crippen molar-refractivity contribution in [3.05, 3.63) is 84.2 Å². The predicted octanol–water partition coefficient (Wildman–Crippen LogP) is 3.54. The molecule has 31 heavy (non-hydrogen) atoms. The number of rotatable bonds is 6. The Kier molecular flexibility index (Phi) is 5.48. The van der Waals surface area contributed by atoms with Crippen LogP contribution in [-0.4, -0.2) is 36.9 Å². The van der Waals surface area contributed by atoms with Crippen LogP contribution in [0.2, 0.25) is 0 Å². The molecule has 0 bridgehead atoms. The maximum absolute atomic E-state index is 12.3. The third-order valence-electron chi connectivity index (χ3n) is 4.72. The quantitative estimate of drug-likeness (QED) is 0.437. The summed E-state index contributed by atoms with van der Waals surface area (Å²) in [6.07, 6.45) is 5.59. The summed E-state index contributed by atoms with van der Waals surface area (Å²) >= 11 is 0. The van der Waals surface area contributed by atoms with Gasteiger partial charge in [-0.3, -0.25) is 4.79 Å². The maximum atomic E-state index is 12.3. The van der Waals surface area contributed by atoms with Gasteiger partial charge in [0.25, 0.3) is 5.91 Å². The molecule has 4 aromatic rings. The molecule has 2 heterocycles. The average Bonchev–Trinajstić information content (AvgIpc) is 2.79. The molecular formula is C22H18N6O3. The molecule has 1 atom stereocenters. The number of aromatic carboxylic acids is 1. The van der Waals surface area contributed by atoms with Crippen LogP contribution in [0.25, 0.3) is 10.9 Å². The number of amides is 1. The molecule has 0 aliphatic heterocycles. The summed E-state index contributed by atoms with van der Waals surface area (Å²) in [5.74, 6) is -0.826. The topological polar surface area (TPSA) is 130 Å². The fourth-order valence-corrected chi connectivity index (χ4v) is 3.17. The van der Waals surface area contributed by atoms with Crippen LogP contribution < -0.4 is 10.6 Å². The Balaban J connectivity index is 1.56. The van der Waals surface area contributed by atoms with Crippen LogP contribution in [-0.2, 0) is 0 Å². The molecule has 0 unspecified atom stereocenters. The first-order chi connectivity index (χ1) is 15.0. The number of para-hydroxylation sites is 1. The number of benzene rings is 2. The smallest absolute Gasteiger partial charge is 0.337 e. The first kappa shape index (κ1) is 19.9. The van der Waals surface area contributed by atoms with Gasteiger partial charge in [-0.1, -0.05) is 18.2 Å². The van der Waals surface area contributed by atoms with Gasteiger partial charge >= 0.3 is 5.97 Å². The number of carboxylic acids is 1. The molecule has 0 saturated heterocycles. The minimum absolute atomic E-state index is 0.116. The summed E-state index contributed by atoms with van der Waals surface area (Å²) < 4.78 is 0. The number of fused-ring (bicyclic) bond motifs is 1. The molecule has 0 fully saturated rings. The standard InChI is InChI=1S/C22H18N6O3/c1-13(27-20-17-6-3-7-18(22(30)31)19(17)25-12-26-20)14-4-2-5-16(8-14)28-21(29)15-9-23-11-24-10-15/h2-13H,1H3,(H,28,29)(H,30,31)(H,25,26,27)/t13-/m1/s1. The van der Waals surface area contributed by atoms with Gasteiger partial charge in [-0.2, -0.15) is 0 Å². The van der Waals surface area contributed by atoms with Gasteiger partial charge in [0.15, 0.2) is 0 Å². The fraction of sp³-hybridized carbons (Fsp3) is 0.0909. The van der Waals surface area contributed by atoms with Gasteiger partial charge in [-0.25, -0.2) is 24.7 Å². The second kappa shape index (κ2) is 8.54. The number of carboxylic acid groups (broad SMARTS) is 1. The van der Waals surface area contributed by atoms with Crippen molar-refractivity contribution in [3.8, 4) is 0 Å². The third kappa shape index (κ3) is 4.30. The summed E-state index contributed by atoms with van der Waals surface area (Å²) in [7, 11) is 0. The Morgan fingerprint density at radius 3 is 2.55 bits per heavy atom. The first-order valence-corrected chi connectivity index (χ1v) is 9.43. The average molecular weight is 414 g/mol. The normalized spacial score (nSPS) is 11.6. The lowest BCUT2D eigenvalue weighted by Gasteiger charge is -2.17. The number of hydrogen-bond acceptors (Lipinski definition) is 7. The van der Waals surface area contributed by atoms with Crippen molar-refractivity contribution >= 4 is 34.3 Å². The van der Waals surface area contributed by atoms with E-state index in [-0.39, 0.29) is 17.5 Å². The van der Waals surface area contributed by atoms with E-state index in [9.17, 15) is 14.7 Å². The van der Waals surface area contributed by atoms with Crippen LogP contribution in [0.15, 0.2) is 67.5 Å². The van der Waals surface area contributed by atoms with Crippen LogP contribution in [0.5, 0.6) is 0 Å². The van der Waals surface area contributed by atoms with Crippen molar-refractivity contribution in [2.24, 2.45) is 0 Å². The zero-order valence-electron chi connectivity index (χ0n) is 16.5. The van der Waals surface area contributed by atoms with Crippen molar-refractivity contribution in [3.63, 3.8) is 0 Å². The van der Waals surface area contributed by atoms with Crippen LogP contribution in [0, 0.1) is 0 Å². The lowest BCUT2D eigenvalue weighted by Crippen LogP contribution is -2.13. The van der Waals surface area contributed by atoms with Crippen molar-refractivity contribution in [1.82, 2.24) is 19.9 Å². The molecule has 0 aliphatic carbocycles. The summed E-state index contributed by atoms with van der Waals surface area (Å²) in [5.41, 5.74) is 2.38.